The number of aromatic nitrogens is 1. The first-order valence-corrected chi connectivity index (χ1v) is 9.55. The lowest BCUT2D eigenvalue weighted by atomic mass is 10.0. The van der Waals surface area contributed by atoms with Crippen LogP contribution >= 0.6 is 0 Å². The molecule has 0 aliphatic carbocycles. The molecule has 5 rings (SSSR count). The second kappa shape index (κ2) is 6.38. The largest absolute Gasteiger partial charge is 0.454 e. The molecule has 1 aliphatic rings. The Labute approximate surface area is 157 Å². The Hall–Kier alpha value is -2.88. The van der Waals surface area contributed by atoms with E-state index < -0.39 is 0 Å². The number of fused-ring (bicyclic) bond motifs is 2. The summed E-state index contributed by atoms with van der Waals surface area (Å²) in [5.74, 6) is 0.397. The van der Waals surface area contributed by atoms with Crippen LogP contribution < -0.4 is 4.90 Å². The Morgan fingerprint density at radius 1 is 1.04 bits per heavy atom. The molecule has 1 aliphatic heterocycles. The molecule has 0 N–H and O–H groups in total. The monoisotopic (exact) mass is 360 g/mol. The Bertz CT molecular complexity index is 1130. The molecule has 0 radical (unpaired) electrons. The van der Waals surface area contributed by atoms with Crippen molar-refractivity contribution in [2.75, 3.05) is 11.4 Å². The minimum atomic E-state index is -0.292. The summed E-state index contributed by atoms with van der Waals surface area (Å²) in [6.45, 7) is 3.29. The maximum Gasteiger partial charge on any atom is 0.155 e. The molecular weight excluding hydrogens is 339 g/mol. The number of furan rings is 1. The lowest BCUT2D eigenvalue weighted by molar-refractivity contribution is 0.484. The predicted octanol–water partition coefficient (Wildman–Crippen LogP) is 6.17. The van der Waals surface area contributed by atoms with E-state index in [9.17, 15) is 4.39 Å². The Morgan fingerprint density at radius 2 is 1.93 bits per heavy atom. The number of piperidine rings is 1. The van der Waals surface area contributed by atoms with Gasteiger partial charge in [0.25, 0.3) is 0 Å². The van der Waals surface area contributed by atoms with Crippen LogP contribution in [0.15, 0.2) is 59.0 Å². The number of rotatable bonds is 2. The van der Waals surface area contributed by atoms with Crippen LogP contribution in [-0.4, -0.2) is 17.6 Å². The minimum absolute atomic E-state index is 0.292. The first-order chi connectivity index (χ1) is 13.2. The standard InChI is InChI=1S/C23H21FN2O/c1-15-6-4-5-11-26(15)20-12-16-7-2-3-8-19(16)25-23(20)22-13-17-9-10-18(24)14-21(17)27-22/h2-3,7-10,12-15H,4-6,11H2,1H3/t15-/m0/s1. The van der Waals surface area contributed by atoms with Crippen molar-refractivity contribution in [1.82, 2.24) is 4.98 Å². The summed E-state index contributed by atoms with van der Waals surface area (Å²) < 4.78 is 19.6. The fourth-order valence-corrected chi connectivity index (χ4v) is 4.08. The van der Waals surface area contributed by atoms with Gasteiger partial charge in [0.05, 0.1) is 11.2 Å². The van der Waals surface area contributed by atoms with Gasteiger partial charge in [-0.05, 0) is 56.5 Å². The van der Waals surface area contributed by atoms with E-state index in [-0.39, 0.29) is 5.82 Å². The zero-order chi connectivity index (χ0) is 18.4. The second-order valence-electron chi connectivity index (χ2n) is 7.38. The maximum atomic E-state index is 13.6. The molecule has 1 fully saturated rings. The van der Waals surface area contributed by atoms with Crippen molar-refractivity contribution in [3.8, 4) is 11.5 Å². The average molecular weight is 360 g/mol. The quantitative estimate of drug-likeness (QED) is 0.428. The number of hydrogen-bond donors (Lipinski definition) is 0. The number of anilines is 1. The first kappa shape index (κ1) is 16.3. The van der Waals surface area contributed by atoms with Crippen LogP contribution in [0.2, 0.25) is 0 Å². The smallest absolute Gasteiger partial charge is 0.155 e. The highest BCUT2D eigenvalue weighted by Crippen LogP contribution is 2.38. The van der Waals surface area contributed by atoms with Gasteiger partial charge in [-0.1, -0.05) is 18.2 Å². The summed E-state index contributed by atoms with van der Waals surface area (Å²) in [6, 6.07) is 17.4. The molecule has 0 bridgehead atoms. The van der Waals surface area contributed by atoms with E-state index in [0.717, 1.165) is 34.2 Å². The normalized spacial score (nSPS) is 17.7. The van der Waals surface area contributed by atoms with Crippen LogP contribution in [0.5, 0.6) is 0 Å². The van der Waals surface area contributed by atoms with Gasteiger partial charge in [0.1, 0.15) is 17.1 Å². The van der Waals surface area contributed by atoms with Gasteiger partial charge in [0, 0.05) is 29.4 Å². The van der Waals surface area contributed by atoms with E-state index in [4.69, 9.17) is 9.40 Å². The van der Waals surface area contributed by atoms with Gasteiger partial charge in [0.2, 0.25) is 0 Å². The number of para-hydroxylation sites is 1. The molecule has 1 atom stereocenters. The van der Waals surface area contributed by atoms with Crippen molar-refractivity contribution in [2.45, 2.75) is 32.2 Å². The third-order valence-corrected chi connectivity index (χ3v) is 5.53. The summed E-state index contributed by atoms with van der Waals surface area (Å²) in [6.07, 6.45) is 3.62. The Morgan fingerprint density at radius 3 is 2.81 bits per heavy atom. The minimum Gasteiger partial charge on any atom is -0.454 e. The van der Waals surface area contributed by atoms with Crippen LogP contribution in [0.25, 0.3) is 33.3 Å². The number of pyridine rings is 1. The van der Waals surface area contributed by atoms with Gasteiger partial charge in [0.15, 0.2) is 5.76 Å². The summed E-state index contributed by atoms with van der Waals surface area (Å²) in [5, 5.41) is 2.01. The van der Waals surface area contributed by atoms with Gasteiger partial charge in [-0.15, -0.1) is 0 Å². The molecule has 3 nitrogen and oxygen atoms in total. The van der Waals surface area contributed by atoms with Crippen LogP contribution in [0.4, 0.5) is 10.1 Å². The summed E-state index contributed by atoms with van der Waals surface area (Å²) in [4.78, 5) is 7.38. The molecule has 1 saturated heterocycles. The van der Waals surface area contributed by atoms with Gasteiger partial charge in [-0.2, -0.15) is 0 Å². The van der Waals surface area contributed by atoms with E-state index in [1.165, 1.54) is 31.4 Å². The predicted molar refractivity (Wildman–Crippen MR) is 108 cm³/mol. The fourth-order valence-electron chi connectivity index (χ4n) is 4.08. The molecule has 0 saturated carbocycles. The molecule has 136 valence electrons. The molecule has 2 aromatic carbocycles. The van der Waals surface area contributed by atoms with Crippen LogP contribution in [-0.2, 0) is 0 Å². The van der Waals surface area contributed by atoms with E-state index in [1.54, 1.807) is 6.07 Å². The van der Waals surface area contributed by atoms with Crippen molar-refractivity contribution < 1.29 is 8.81 Å². The summed E-state index contributed by atoms with van der Waals surface area (Å²) in [5.41, 5.74) is 3.42. The van der Waals surface area contributed by atoms with Gasteiger partial charge >= 0.3 is 0 Å². The number of nitrogens with zero attached hydrogens (tertiary/aromatic N) is 2. The van der Waals surface area contributed by atoms with Gasteiger partial charge < -0.3 is 9.32 Å². The van der Waals surface area contributed by atoms with E-state index in [1.807, 2.05) is 24.3 Å². The lowest BCUT2D eigenvalue weighted by Gasteiger charge is -2.36. The van der Waals surface area contributed by atoms with E-state index in [2.05, 4.69) is 24.0 Å². The summed E-state index contributed by atoms with van der Waals surface area (Å²) >= 11 is 0. The molecular formula is C23H21FN2O. The molecule has 3 heterocycles. The molecule has 27 heavy (non-hydrogen) atoms. The van der Waals surface area contributed by atoms with Gasteiger partial charge in [-0.25, -0.2) is 9.37 Å². The third kappa shape index (κ3) is 2.85. The average Bonchev–Trinajstić information content (AvgIpc) is 3.10. The SMILES string of the molecule is C[C@H]1CCCCN1c1cc2ccccc2nc1-c1cc2ccc(F)cc2o1. The summed E-state index contributed by atoms with van der Waals surface area (Å²) in [7, 11) is 0. The number of hydrogen-bond acceptors (Lipinski definition) is 3. The zero-order valence-electron chi connectivity index (χ0n) is 15.3. The van der Waals surface area contributed by atoms with Crippen molar-refractivity contribution in [2.24, 2.45) is 0 Å². The van der Waals surface area contributed by atoms with Crippen LogP contribution in [0.3, 0.4) is 0 Å². The second-order valence-corrected chi connectivity index (χ2v) is 7.38. The highest BCUT2D eigenvalue weighted by molar-refractivity contribution is 5.91. The van der Waals surface area contributed by atoms with E-state index in [0.29, 0.717) is 17.4 Å². The van der Waals surface area contributed by atoms with E-state index >= 15 is 0 Å². The maximum absolute atomic E-state index is 13.6. The highest BCUT2D eigenvalue weighted by atomic mass is 19.1. The molecule has 0 unspecified atom stereocenters. The number of halogens is 1. The highest BCUT2D eigenvalue weighted by Gasteiger charge is 2.24. The topological polar surface area (TPSA) is 29.3 Å². The third-order valence-electron chi connectivity index (χ3n) is 5.53. The molecule has 0 spiro atoms. The zero-order valence-corrected chi connectivity index (χ0v) is 15.3. The molecule has 4 aromatic rings. The number of benzene rings is 2. The Kier molecular flexibility index (Phi) is 3.85. The van der Waals surface area contributed by atoms with Crippen LogP contribution in [0, 0.1) is 5.82 Å². The van der Waals surface area contributed by atoms with Crippen molar-refractivity contribution in [3.05, 3.63) is 60.4 Å². The Balaban J connectivity index is 1.74. The van der Waals surface area contributed by atoms with Crippen LogP contribution in [0.1, 0.15) is 26.2 Å². The van der Waals surface area contributed by atoms with Gasteiger partial charge in [-0.3, -0.25) is 0 Å². The molecule has 0 amide bonds. The van der Waals surface area contributed by atoms with Crippen molar-refractivity contribution in [1.29, 1.82) is 0 Å². The van der Waals surface area contributed by atoms with Crippen molar-refractivity contribution in [3.63, 3.8) is 0 Å². The first-order valence-electron chi connectivity index (χ1n) is 9.55. The van der Waals surface area contributed by atoms with Crippen molar-refractivity contribution >= 4 is 27.6 Å². The molecule has 2 aromatic heterocycles. The molecule has 4 heteroatoms. The fraction of sp³-hybridized carbons (Fsp3) is 0.261. The lowest BCUT2D eigenvalue weighted by Crippen LogP contribution is -2.37.